The molecule has 2 N–H and O–H groups in total. The van der Waals surface area contributed by atoms with E-state index in [9.17, 15) is 4.79 Å². The summed E-state index contributed by atoms with van der Waals surface area (Å²) in [5.41, 5.74) is 0. The van der Waals surface area contributed by atoms with Crippen molar-refractivity contribution in [2.24, 2.45) is 5.92 Å². The lowest BCUT2D eigenvalue weighted by atomic mass is 10.0. The van der Waals surface area contributed by atoms with Crippen molar-refractivity contribution in [3.05, 3.63) is 0 Å². The molecule has 100 valence electrons. The predicted octanol–water partition coefficient (Wildman–Crippen LogP) is 0.831. The summed E-state index contributed by atoms with van der Waals surface area (Å²) >= 11 is 0. The molecule has 0 aromatic rings. The Kier molecular flexibility index (Phi) is 5.92. The quantitative estimate of drug-likeness (QED) is 0.694. The second-order valence-corrected chi connectivity index (χ2v) is 5.80. The van der Waals surface area contributed by atoms with Crippen molar-refractivity contribution in [3.8, 4) is 0 Å². The van der Waals surface area contributed by atoms with E-state index in [0.717, 1.165) is 19.5 Å². The number of hydrogen-bond acceptors (Lipinski definition) is 3. The van der Waals surface area contributed by atoms with E-state index in [0.29, 0.717) is 24.4 Å². The topological polar surface area (TPSA) is 44.4 Å². The van der Waals surface area contributed by atoms with Crippen LogP contribution in [-0.2, 0) is 4.79 Å². The fourth-order valence-corrected chi connectivity index (χ4v) is 2.37. The van der Waals surface area contributed by atoms with E-state index in [4.69, 9.17) is 0 Å². The first-order valence-corrected chi connectivity index (χ1v) is 6.65. The van der Waals surface area contributed by atoms with Gasteiger partial charge in [-0.15, -0.1) is 0 Å². The van der Waals surface area contributed by atoms with Crippen LogP contribution in [0.15, 0.2) is 0 Å². The molecule has 0 radical (unpaired) electrons. The Morgan fingerprint density at radius 2 is 2.18 bits per heavy atom. The minimum Gasteiger partial charge on any atom is -0.352 e. The van der Waals surface area contributed by atoms with E-state index in [2.05, 4.69) is 43.5 Å². The Balaban J connectivity index is 2.29. The number of nitrogens with zero attached hydrogens (tertiary/aromatic N) is 1. The van der Waals surface area contributed by atoms with Crippen LogP contribution in [0.4, 0.5) is 0 Å². The monoisotopic (exact) mass is 241 g/mol. The third-order valence-corrected chi connectivity index (χ3v) is 3.08. The first kappa shape index (κ1) is 14.5. The molecular formula is C13H27N3O. The minimum absolute atomic E-state index is 0.199. The summed E-state index contributed by atoms with van der Waals surface area (Å²) in [6.07, 6.45) is 2.84. The van der Waals surface area contributed by atoms with Crippen molar-refractivity contribution in [1.82, 2.24) is 15.5 Å². The van der Waals surface area contributed by atoms with Gasteiger partial charge >= 0.3 is 0 Å². The van der Waals surface area contributed by atoms with Gasteiger partial charge in [-0.05, 0) is 32.9 Å². The average molecular weight is 241 g/mol. The van der Waals surface area contributed by atoms with E-state index in [1.165, 1.54) is 6.42 Å². The van der Waals surface area contributed by atoms with Crippen LogP contribution in [0.3, 0.4) is 0 Å². The summed E-state index contributed by atoms with van der Waals surface area (Å²) in [7, 11) is 4.21. The van der Waals surface area contributed by atoms with Gasteiger partial charge in [-0.2, -0.15) is 0 Å². The summed E-state index contributed by atoms with van der Waals surface area (Å²) in [5.74, 6) is 0.899. The molecule has 0 aliphatic carbocycles. The molecule has 1 rings (SSSR count). The minimum atomic E-state index is 0.199. The lowest BCUT2D eigenvalue weighted by Gasteiger charge is -2.25. The molecule has 4 heteroatoms. The van der Waals surface area contributed by atoms with E-state index in [-0.39, 0.29) is 5.91 Å². The van der Waals surface area contributed by atoms with E-state index < -0.39 is 0 Å². The highest BCUT2D eigenvalue weighted by Crippen LogP contribution is 2.08. The standard InChI is InChI=1S/C13H27N3O/c1-10(2)7-12(9-16(3)4)14-8-11-5-6-13(17)15-11/h10-12,14H,5-9H2,1-4H3,(H,15,17). The zero-order chi connectivity index (χ0) is 12.8. The summed E-state index contributed by atoms with van der Waals surface area (Å²) in [5, 5.41) is 6.59. The maximum Gasteiger partial charge on any atom is 0.220 e. The predicted molar refractivity (Wildman–Crippen MR) is 71.0 cm³/mol. The third kappa shape index (κ3) is 6.03. The first-order valence-electron chi connectivity index (χ1n) is 6.65. The van der Waals surface area contributed by atoms with Crippen LogP contribution in [-0.4, -0.2) is 50.1 Å². The SMILES string of the molecule is CC(C)CC(CN(C)C)NCC1CCC(=O)N1. The van der Waals surface area contributed by atoms with Gasteiger partial charge < -0.3 is 15.5 Å². The Labute approximate surface area is 105 Å². The molecule has 0 aromatic carbocycles. The molecule has 0 bridgehead atoms. The maximum atomic E-state index is 11.1. The van der Waals surface area contributed by atoms with Crippen LogP contribution >= 0.6 is 0 Å². The molecule has 0 aromatic heterocycles. The normalized spacial score (nSPS) is 22.2. The van der Waals surface area contributed by atoms with Crippen molar-refractivity contribution in [3.63, 3.8) is 0 Å². The van der Waals surface area contributed by atoms with Crippen LogP contribution in [0.1, 0.15) is 33.1 Å². The molecule has 1 aliphatic heterocycles. The Morgan fingerprint density at radius 3 is 2.65 bits per heavy atom. The molecule has 1 saturated heterocycles. The zero-order valence-corrected chi connectivity index (χ0v) is 11.6. The van der Waals surface area contributed by atoms with Gasteiger partial charge in [-0.25, -0.2) is 0 Å². The molecule has 1 fully saturated rings. The highest BCUT2D eigenvalue weighted by molar-refractivity contribution is 5.78. The summed E-state index contributed by atoms with van der Waals surface area (Å²) < 4.78 is 0. The highest BCUT2D eigenvalue weighted by Gasteiger charge is 2.21. The molecule has 2 atom stereocenters. The molecule has 4 nitrogen and oxygen atoms in total. The molecule has 1 heterocycles. The van der Waals surface area contributed by atoms with Gasteiger partial charge in [0.05, 0.1) is 0 Å². The summed E-state index contributed by atoms with van der Waals surface area (Å²) in [6, 6.07) is 0.849. The molecule has 1 amide bonds. The van der Waals surface area contributed by atoms with E-state index in [1.54, 1.807) is 0 Å². The van der Waals surface area contributed by atoms with Gasteiger partial charge in [-0.1, -0.05) is 13.8 Å². The second-order valence-electron chi connectivity index (χ2n) is 5.80. The number of carbonyl (C=O) groups is 1. The number of amides is 1. The second kappa shape index (κ2) is 6.97. The average Bonchev–Trinajstić information content (AvgIpc) is 2.59. The fourth-order valence-electron chi connectivity index (χ4n) is 2.37. The Hall–Kier alpha value is -0.610. The molecule has 17 heavy (non-hydrogen) atoms. The van der Waals surface area contributed by atoms with Crippen molar-refractivity contribution >= 4 is 5.91 Å². The highest BCUT2D eigenvalue weighted by atomic mass is 16.1. The maximum absolute atomic E-state index is 11.1. The summed E-state index contributed by atoms with van der Waals surface area (Å²) in [6.45, 7) is 6.46. The molecule has 0 spiro atoms. The number of hydrogen-bond donors (Lipinski definition) is 2. The van der Waals surface area contributed by atoms with Gasteiger partial charge in [-0.3, -0.25) is 4.79 Å². The van der Waals surface area contributed by atoms with Gasteiger partial charge in [0.15, 0.2) is 0 Å². The fraction of sp³-hybridized carbons (Fsp3) is 0.923. The molecule has 0 saturated carbocycles. The van der Waals surface area contributed by atoms with Crippen LogP contribution in [0.25, 0.3) is 0 Å². The number of carbonyl (C=O) groups excluding carboxylic acids is 1. The van der Waals surface area contributed by atoms with Crippen LogP contribution in [0.2, 0.25) is 0 Å². The third-order valence-electron chi connectivity index (χ3n) is 3.08. The van der Waals surface area contributed by atoms with Crippen LogP contribution < -0.4 is 10.6 Å². The molecule has 1 aliphatic rings. The molecular weight excluding hydrogens is 214 g/mol. The van der Waals surface area contributed by atoms with E-state index >= 15 is 0 Å². The van der Waals surface area contributed by atoms with Crippen molar-refractivity contribution in [2.45, 2.75) is 45.2 Å². The first-order chi connectivity index (χ1) is 7.97. The summed E-state index contributed by atoms with van der Waals surface area (Å²) in [4.78, 5) is 13.3. The van der Waals surface area contributed by atoms with Gasteiger partial charge in [0, 0.05) is 31.6 Å². The van der Waals surface area contributed by atoms with Gasteiger partial charge in [0.25, 0.3) is 0 Å². The Morgan fingerprint density at radius 1 is 1.47 bits per heavy atom. The Bertz CT molecular complexity index is 231. The van der Waals surface area contributed by atoms with Crippen molar-refractivity contribution < 1.29 is 4.79 Å². The van der Waals surface area contributed by atoms with Crippen LogP contribution in [0.5, 0.6) is 0 Å². The zero-order valence-electron chi connectivity index (χ0n) is 11.6. The number of likely N-dealkylation sites (N-methyl/N-ethyl adjacent to an activating group) is 1. The van der Waals surface area contributed by atoms with Crippen molar-refractivity contribution in [1.29, 1.82) is 0 Å². The number of nitrogens with one attached hydrogen (secondary N) is 2. The number of rotatable bonds is 7. The lowest BCUT2D eigenvalue weighted by Crippen LogP contribution is -2.45. The van der Waals surface area contributed by atoms with Gasteiger partial charge in [0.2, 0.25) is 5.91 Å². The largest absolute Gasteiger partial charge is 0.352 e. The lowest BCUT2D eigenvalue weighted by molar-refractivity contribution is -0.119. The smallest absolute Gasteiger partial charge is 0.220 e. The van der Waals surface area contributed by atoms with Gasteiger partial charge in [0.1, 0.15) is 0 Å². The molecule has 2 unspecified atom stereocenters. The van der Waals surface area contributed by atoms with E-state index in [1.807, 2.05) is 0 Å². The van der Waals surface area contributed by atoms with Crippen LogP contribution in [0, 0.1) is 5.92 Å². The van der Waals surface area contributed by atoms with Crippen molar-refractivity contribution in [2.75, 3.05) is 27.2 Å².